The fraction of sp³-hybridized carbons (Fsp3) is 0.526. The van der Waals surface area contributed by atoms with Gasteiger partial charge in [0.15, 0.2) is 6.61 Å². The first-order valence-corrected chi connectivity index (χ1v) is 11.0. The molecule has 1 heterocycles. The highest BCUT2D eigenvalue weighted by Crippen LogP contribution is 2.23. The van der Waals surface area contributed by atoms with Crippen LogP contribution in [-0.4, -0.2) is 56.9 Å². The van der Waals surface area contributed by atoms with Crippen LogP contribution in [0.15, 0.2) is 23.1 Å². The number of sulfonamides is 1. The first kappa shape index (κ1) is 22.8. The third-order valence-corrected chi connectivity index (χ3v) is 6.40. The molecule has 0 spiro atoms. The van der Waals surface area contributed by atoms with Crippen molar-refractivity contribution in [2.45, 2.75) is 44.4 Å². The fourth-order valence-corrected chi connectivity index (χ4v) is 4.43. The summed E-state index contributed by atoms with van der Waals surface area (Å²) in [5, 5.41) is 4.51. The van der Waals surface area contributed by atoms with Crippen molar-refractivity contribution in [2.24, 2.45) is 0 Å². The van der Waals surface area contributed by atoms with E-state index >= 15 is 0 Å². The summed E-state index contributed by atoms with van der Waals surface area (Å²) in [6, 6.07) is 3.60. The Labute approximate surface area is 170 Å². The maximum atomic E-state index is 12.8. The molecule has 2 rings (SSSR count). The van der Waals surface area contributed by atoms with Gasteiger partial charge in [0.25, 0.3) is 5.91 Å². The normalized spacial score (nSPS) is 14.8. The Bertz CT molecular complexity index is 863. The summed E-state index contributed by atoms with van der Waals surface area (Å²) >= 11 is 0. The Morgan fingerprint density at radius 1 is 1.14 bits per heavy atom. The Morgan fingerprint density at radius 3 is 2.48 bits per heavy atom. The highest BCUT2D eigenvalue weighted by molar-refractivity contribution is 7.89. The van der Waals surface area contributed by atoms with Gasteiger partial charge in [-0.05, 0) is 43.9 Å². The van der Waals surface area contributed by atoms with Crippen molar-refractivity contribution in [3.8, 4) is 0 Å². The summed E-state index contributed by atoms with van der Waals surface area (Å²) in [5.74, 6) is -1.61. The molecule has 0 saturated carbocycles. The lowest BCUT2D eigenvalue weighted by Gasteiger charge is -2.26. The standard InChI is InChI=1S/C19H27N3O6S/c1-3-9-20-19(25)21-17(23)13-28-18(24)16-12-15(8-7-14(16)2)29(26,27)22-10-5-4-6-11-22/h7-8,12H,3-6,9-11,13H2,1-2H3,(H2,20,21,23,25). The SMILES string of the molecule is CCCNC(=O)NC(=O)COC(=O)c1cc(S(=O)(=O)N2CCCCC2)ccc1C. The van der Waals surface area contributed by atoms with E-state index in [1.54, 1.807) is 6.92 Å². The molecule has 0 aromatic heterocycles. The maximum Gasteiger partial charge on any atom is 0.338 e. The van der Waals surface area contributed by atoms with Gasteiger partial charge in [0.2, 0.25) is 10.0 Å². The van der Waals surface area contributed by atoms with Crippen molar-refractivity contribution in [1.29, 1.82) is 0 Å². The highest BCUT2D eigenvalue weighted by Gasteiger charge is 2.27. The van der Waals surface area contributed by atoms with E-state index in [1.165, 1.54) is 22.5 Å². The molecule has 160 valence electrons. The number of imide groups is 1. The number of rotatable bonds is 7. The van der Waals surface area contributed by atoms with Crippen LogP contribution in [0.25, 0.3) is 0 Å². The molecule has 1 aromatic carbocycles. The zero-order valence-corrected chi connectivity index (χ0v) is 17.5. The minimum Gasteiger partial charge on any atom is -0.452 e. The van der Waals surface area contributed by atoms with Crippen molar-refractivity contribution in [2.75, 3.05) is 26.2 Å². The molecule has 3 amide bonds. The van der Waals surface area contributed by atoms with Crippen molar-refractivity contribution in [1.82, 2.24) is 14.9 Å². The average molecular weight is 426 g/mol. The van der Waals surface area contributed by atoms with Gasteiger partial charge >= 0.3 is 12.0 Å². The molecule has 2 N–H and O–H groups in total. The van der Waals surface area contributed by atoms with Crippen LogP contribution < -0.4 is 10.6 Å². The van der Waals surface area contributed by atoms with Crippen LogP contribution in [0.4, 0.5) is 4.79 Å². The Kier molecular flexibility index (Phi) is 8.15. The monoisotopic (exact) mass is 425 g/mol. The molecule has 1 aromatic rings. The number of piperidine rings is 1. The molecular weight excluding hydrogens is 398 g/mol. The number of nitrogens with zero attached hydrogens (tertiary/aromatic N) is 1. The largest absolute Gasteiger partial charge is 0.452 e. The predicted octanol–water partition coefficient (Wildman–Crippen LogP) is 1.56. The van der Waals surface area contributed by atoms with Crippen LogP contribution in [0.5, 0.6) is 0 Å². The summed E-state index contributed by atoms with van der Waals surface area (Å²) in [5.41, 5.74) is 0.583. The number of benzene rings is 1. The molecule has 9 nitrogen and oxygen atoms in total. The molecule has 0 unspecified atom stereocenters. The smallest absolute Gasteiger partial charge is 0.338 e. The van der Waals surface area contributed by atoms with Crippen LogP contribution in [-0.2, 0) is 19.6 Å². The van der Waals surface area contributed by atoms with Gasteiger partial charge in [0, 0.05) is 19.6 Å². The molecule has 1 fully saturated rings. The molecular formula is C19H27N3O6S. The second-order valence-electron chi connectivity index (χ2n) is 6.82. The van der Waals surface area contributed by atoms with Crippen molar-refractivity contribution in [3.63, 3.8) is 0 Å². The number of amides is 3. The molecule has 29 heavy (non-hydrogen) atoms. The van der Waals surface area contributed by atoms with Gasteiger partial charge in [0.05, 0.1) is 10.5 Å². The first-order chi connectivity index (χ1) is 13.8. The van der Waals surface area contributed by atoms with Crippen LogP contribution in [0, 0.1) is 6.92 Å². The number of carbonyl (C=O) groups excluding carboxylic acids is 3. The summed E-state index contributed by atoms with van der Waals surface area (Å²) in [6.45, 7) is 4.18. The van der Waals surface area contributed by atoms with E-state index < -0.39 is 34.5 Å². The lowest BCUT2D eigenvalue weighted by atomic mass is 10.1. The molecule has 1 saturated heterocycles. The molecule has 1 aliphatic heterocycles. The quantitative estimate of drug-likeness (QED) is 0.640. The highest BCUT2D eigenvalue weighted by atomic mass is 32.2. The van der Waals surface area contributed by atoms with Gasteiger partial charge in [-0.1, -0.05) is 19.4 Å². The number of esters is 1. The summed E-state index contributed by atoms with van der Waals surface area (Å²) in [4.78, 5) is 35.5. The summed E-state index contributed by atoms with van der Waals surface area (Å²) in [6.07, 6.45) is 3.32. The van der Waals surface area contributed by atoms with Gasteiger partial charge in [-0.2, -0.15) is 4.31 Å². The van der Waals surface area contributed by atoms with E-state index in [0.717, 1.165) is 19.3 Å². The number of hydrogen-bond acceptors (Lipinski definition) is 6. The van der Waals surface area contributed by atoms with E-state index in [9.17, 15) is 22.8 Å². The second kappa shape index (κ2) is 10.4. The topological polar surface area (TPSA) is 122 Å². The Morgan fingerprint density at radius 2 is 1.83 bits per heavy atom. The zero-order valence-electron chi connectivity index (χ0n) is 16.7. The average Bonchev–Trinajstić information content (AvgIpc) is 2.71. The third kappa shape index (κ3) is 6.26. The van der Waals surface area contributed by atoms with Crippen LogP contribution in [0.2, 0.25) is 0 Å². The van der Waals surface area contributed by atoms with Gasteiger partial charge in [-0.15, -0.1) is 0 Å². The number of aryl methyl sites for hydroxylation is 1. The van der Waals surface area contributed by atoms with Gasteiger partial charge in [-0.25, -0.2) is 18.0 Å². The zero-order chi connectivity index (χ0) is 21.4. The van der Waals surface area contributed by atoms with Crippen molar-refractivity contribution >= 4 is 27.9 Å². The maximum absolute atomic E-state index is 12.8. The van der Waals surface area contributed by atoms with E-state index in [0.29, 0.717) is 31.6 Å². The van der Waals surface area contributed by atoms with E-state index in [1.807, 2.05) is 12.2 Å². The number of nitrogens with one attached hydrogen (secondary N) is 2. The fourth-order valence-electron chi connectivity index (χ4n) is 2.89. The summed E-state index contributed by atoms with van der Waals surface area (Å²) < 4.78 is 32.0. The van der Waals surface area contributed by atoms with E-state index in [-0.39, 0.29) is 10.5 Å². The Balaban J connectivity index is 2.04. The van der Waals surface area contributed by atoms with Crippen LogP contribution in [0.1, 0.15) is 48.5 Å². The molecule has 10 heteroatoms. The Hall–Kier alpha value is -2.46. The second-order valence-corrected chi connectivity index (χ2v) is 8.76. The lowest BCUT2D eigenvalue weighted by molar-refractivity contribution is -0.123. The molecule has 0 bridgehead atoms. The minimum absolute atomic E-state index is 0.0142. The minimum atomic E-state index is -3.70. The van der Waals surface area contributed by atoms with Crippen LogP contribution >= 0.6 is 0 Å². The number of hydrogen-bond donors (Lipinski definition) is 2. The van der Waals surface area contributed by atoms with Crippen molar-refractivity contribution < 1.29 is 27.5 Å². The van der Waals surface area contributed by atoms with Gasteiger partial charge in [0.1, 0.15) is 0 Å². The molecule has 0 atom stereocenters. The van der Waals surface area contributed by atoms with E-state index in [2.05, 4.69) is 5.32 Å². The number of carbonyl (C=O) groups is 3. The molecule has 0 radical (unpaired) electrons. The summed E-state index contributed by atoms with van der Waals surface area (Å²) in [7, 11) is -3.70. The van der Waals surface area contributed by atoms with Gasteiger partial charge in [-0.3, -0.25) is 10.1 Å². The van der Waals surface area contributed by atoms with E-state index in [4.69, 9.17) is 4.74 Å². The number of ether oxygens (including phenoxy) is 1. The number of urea groups is 1. The van der Waals surface area contributed by atoms with Crippen molar-refractivity contribution in [3.05, 3.63) is 29.3 Å². The molecule has 0 aliphatic carbocycles. The predicted molar refractivity (Wildman–Crippen MR) is 106 cm³/mol. The lowest BCUT2D eigenvalue weighted by Crippen LogP contribution is -2.41. The third-order valence-electron chi connectivity index (χ3n) is 4.50. The first-order valence-electron chi connectivity index (χ1n) is 9.61. The van der Waals surface area contributed by atoms with Gasteiger partial charge < -0.3 is 10.1 Å². The molecule has 1 aliphatic rings. The van der Waals surface area contributed by atoms with Crippen LogP contribution in [0.3, 0.4) is 0 Å².